The van der Waals surface area contributed by atoms with E-state index in [2.05, 4.69) is 9.50 Å². The summed E-state index contributed by atoms with van der Waals surface area (Å²) in [7, 11) is -2.59. The minimum absolute atomic E-state index is 0.0539. The van der Waals surface area contributed by atoms with Crippen molar-refractivity contribution in [3.63, 3.8) is 0 Å². The first-order valence-electron chi connectivity index (χ1n) is 12.1. The number of amides is 1. The molecule has 4 N–H and O–H groups in total. The van der Waals surface area contributed by atoms with Crippen LogP contribution < -0.4 is 11.1 Å². The molecular formula is C28H32N4O6S. The molecule has 0 aliphatic heterocycles. The Morgan fingerprint density at radius 1 is 1.00 bits per heavy atom. The average molecular weight is 553 g/mol. The third-order valence-corrected chi connectivity index (χ3v) is 6.28. The van der Waals surface area contributed by atoms with Gasteiger partial charge in [0.05, 0.1) is 18.5 Å². The molecule has 0 aromatic heterocycles. The number of nitrogens with one attached hydrogen (secondary N) is 2. The molecule has 0 aliphatic rings. The standard InChI is InChI=1S/C28H32N4O6S/c1-18(2)27(37-3)32(17-31-22-13-10-20(11-14-22)25(29)30)26(33)21-12-15-23(19-8-6-5-7-9-19)24(16-21)28(34)38-39(4,35)36/h5-16,18,27,31H,17H2,1-4H3,(H3,29,30). The number of benzene rings is 3. The zero-order chi connectivity index (χ0) is 28.7. The van der Waals surface area contributed by atoms with Gasteiger partial charge in [0, 0.05) is 23.9 Å². The molecule has 206 valence electrons. The number of hydrogen-bond donors (Lipinski definition) is 3. The van der Waals surface area contributed by atoms with Crippen LogP contribution in [0, 0.1) is 11.3 Å². The molecule has 0 saturated heterocycles. The second kappa shape index (κ2) is 12.5. The van der Waals surface area contributed by atoms with E-state index >= 15 is 0 Å². The number of nitrogens with zero attached hydrogens (tertiary/aromatic N) is 1. The van der Waals surface area contributed by atoms with E-state index < -0.39 is 28.2 Å². The third-order valence-electron chi connectivity index (χ3n) is 5.83. The first-order chi connectivity index (χ1) is 18.4. The molecule has 1 amide bonds. The van der Waals surface area contributed by atoms with Gasteiger partial charge in [0.1, 0.15) is 12.1 Å². The summed E-state index contributed by atoms with van der Waals surface area (Å²) in [5.74, 6) is -1.68. The van der Waals surface area contributed by atoms with E-state index in [9.17, 15) is 18.0 Å². The van der Waals surface area contributed by atoms with E-state index in [1.807, 2.05) is 19.9 Å². The second-order valence-corrected chi connectivity index (χ2v) is 10.7. The summed E-state index contributed by atoms with van der Waals surface area (Å²) in [6, 6.07) is 20.3. The summed E-state index contributed by atoms with van der Waals surface area (Å²) < 4.78 is 33.7. The molecule has 10 nitrogen and oxygen atoms in total. The normalized spacial score (nSPS) is 12.0. The fourth-order valence-electron chi connectivity index (χ4n) is 4.04. The Morgan fingerprint density at radius 2 is 1.62 bits per heavy atom. The molecule has 1 unspecified atom stereocenters. The van der Waals surface area contributed by atoms with Gasteiger partial charge in [-0.25, -0.2) is 4.79 Å². The fourth-order valence-corrected chi connectivity index (χ4v) is 4.41. The highest BCUT2D eigenvalue weighted by molar-refractivity contribution is 7.86. The molecule has 0 saturated carbocycles. The SMILES string of the molecule is COC(C(C)C)N(CNc1ccc(C(=N)N)cc1)C(=O)c1ccc(-c2ccccc2)c(C(=O)OS(C)(=O)=O)c1. The van der Waals surface area contributed by atoms with Crippen molar-refractivity contribution in [2.24, 2.45) is 11.7 Å². The summed E-state index contributed by atoms with van der Waals surface area (Å²) in [5.41, 5.74) is 7.93. The highest BCUT2D eigenvalue weighted by Crippen LogP contribution is 2.27. The molecule has 3 aromatic rings. The van der Waals surface area contributed by atoms with Gasteiger partial charge in [0.2, 0.25) is 0 Å². The van der Waals surface area contributed by atoms with Gasteiger partial charge < -0.3 is 20.0 Å². The predicted molar refractivity (Wildman–Crippen MR) is 150 cm³/mol. The van der Waals surface area contributed by atoms with Crippen molar-refractivity contribution in [1.82, 2.24) is 4.90 Å². The van der Waals surface area contributed by atoms with Crippen molar-refractivity contribution >= 4 is 33.5 Å². The van der Waals surface area contributed by atoms with Gasteiger partial charge in [-0.3, -0.25) is 15.1 Å². The molecule has 0 fully saturated rings. The Hall–Kier alpha value is -4.22. The molecule has 0 radical (unpaired) electrons. The van der Waals surface area contributed by atoms with Gasteiger partial charge >= 0.3 is 16.1 Å². The van der Waals surface area contributed by atoms with Crippen molar-refractivity contribution in [2.45, 2.75) is 20.1 Å². The number of methoxy groups -OCH3 is 1. The van der Waals surface area contributed by atoms with Crippen LogP contribution in [0.4, 0.5) is 5.69 Å². The zero-order valence-electron chi connectivity index (χ0n) is 22.2. The molecule has 0 heterocycles. The summed E-state index contributed by atoms with van der Waals surface area (Å²) in [4.78, 5) is 28.2. The maximum atomic E-state index is 13.8. The van der Waals surface area contributed by atoms with Crippen LogP contribution in [0.25, 0.3) is 11.1 Å². The second-order valence-electron chi connectivity index (χ2n) is 9.17. The number of amidine groups is 1. The molecule has 11 heteroatoms. The summed E-state index contributed by atoms with van der Waals surface area (Å²) in [6.07, 6.45) is 0.159. The van der Waals surface area contributed by atoms with Crippen LogP contribution in [0.3, 0.4) is 0 Å². The number of rotatable bonds is 11. The van der Waals surface area contributed by atoms with Gasteiger partial charge in [-0.05, 0) is 53.4 Å². The van der Waals surface area contributed by atoms with Crippen molar-refractivity contribution < 1.29 is 26.9 Å². The van der Waals surface area contributed by atoms with Gasteiger partial charge in [-0.1, -0.05) is 50.2 Å². The zero-order valence-corrected chi connectivity index (χ0v) is 23.0. The summed E-state index contributed by atoms with van der Waals surface area (Å²) in [5, 5.41) is 10.7. The third kappa shape index (κ3) is 7.65. The molecule has 0 spiro atoms. The van der Waals surface area contributed by atoms with E-state index in [1.165, 1.54) is 18.1 Å². The van der Waals surface area contributed by atoms with Crippen molar-refractivity contribution in [3.05, 3.63) is 89.5 Å². The van der Waals surface area contributed by atoms with Crippen LogP contribution in [-0.2, 0) is 19.0 Å². The Kier molecular flexibility index (Phi) is 9.44. The van der Waals surface area contributed by atoms with Crippen LogP contribution in [-0.4, -0.2) is 57.3 Å². The Bertz CT molecular complexity index is 1440. The van der Waals surface area contributed by atoms with Crippen molar-refractivity contribution in [3.8, 4) is 11.1 Å². The monoisotopic (exact) mass is 552 g/mol. The van der Waals surface area contributed by atoms with Crippen LogP contribution in [0.5, 0.6) is 0 Å². The predicted octanol–water partition coefficient (Wildman–Crippen LogP) is 3.89. The van der Waals surface area contributed by atoms with E-state index in [4.69, 9.17) is 15.9 Å². The molecule has 3 rings (SSSR count). The number of carbonyl (C=O) groups is 2. The topological polar surface area (TPSA) is 152 Å². The lowest BCUT2D eigenvalue weighted by Crippen LogP contribution is -2.47. The first kappa shape index (κ1) is 29.3. The number of ether oxygens (including phenoxy) is 1. The van der Waals surface area contributed by atoms with E-state index in [0.717, 1.165) is 6.26 Å². The van der Waals surface area contributed by atoms with Crippen LogP contribution in [0.1, 0.15) is 40.1 Å². The smallest absolute Gasteiger partial charge is 0.354 e. The van der Waals surface area contributed by atoms with Crippen LogP contribution in [0.2, 0.25) is 0 Å². The highest BCUT2D eigenvalue weighted by Gasteiger charge is 2.29. The van der Waals surface area contributed by atoms with Gasteiger partial charge in [0.25, 0.3) is 5.91 Å². The number of nitrogen functional groups attached to an aromatic ring is 1. The van der Waals surface area contributed by atoms with Crippen LogP contribution in [0.15, 0.2) is 72.8 Å². The van der Waals surface area contributed by atoms with Crippen molar-refractivity contribution in [2.75, 3.05) is 25.4 Å². The number of nitrogens with two attached hydrogens (primary N) is 1. The summed E-state index contributed by atoms with van der Waals surface area (Å²) in [6.45, 7) is 3.87. The number of hydrogen-bond acceptors (Lipinski definition) is 8. The van der Waals surface area contributed by atoms with E-state index in [1.54, 1.807) is 60.7 Å². The molecule has 0 aliphatic carbocycles. The summed E-state index contributed by atoms with van der Waals surface area (Å²) >= 11 is 0. The van der Waals surface area contributed by atoms with E-state index in [0.29, 0.717) is 22.4 Å². The lowest BCUT2D eigenvalue weighted by molar-refractivity contribution is -0.0437. The van der Waals surface area contributed by atoms with Crippen molar-refractivity contribution in [1.29, 1.82) is 5.41 Å². The fraction of sp³-hybridized carbons (Fsp3) is 0.250. The lowest BCUT2D eigenvalue weighted by Gasteiger charge is -2.34. The maximum absolute atomic E-state index is 13.8. The first-order valence-corrected chi connectivity index (χ1v) is 13.9. The van der Waals surface area contributed by atoms with Crippen LogP contribution >= 0.6 is 0 Å². The Morgan fingerprint density at radius 3 is 2.15 bits per heavy atom. The molecular weight excluding hydrogens is 520 g/mol. The molecule has 39 heavy (non-hydrogen) atoms. The minimum Gasteiger partial charge on any atom is -0.384 e. The largest absolute Gasteiger partial charge is 0.384 e. The Balaban J connectivity index is 2.00. The quantitative estimate of drug-likeness (QED) is 0.140. The molecule has 0 bridgehead atoms. The molecule has 3 aromatic carbocycles. The van der Waals surface area contributed by atoms with Gasteiger partial charge in [0.15, 0.2) is 0 Å². The van der Waals surface area contributed by atoms with Gasteiger partial charge in [-0.2, -0.15) is 8.42 Å². The lowest BCUT2D eigenvalue weighted by atomic mass is 9.97. The number of carbonyl (C=O) groups excluding carboxylic acids is 2. The average Bonchev–Trinajstić information content (AvgIpc) is 2.89. The Labute approximate surface area is 228 Å². The number of anilines is 1. The maximum Gasteiger partial charge on any atom is 0.354 e. The minimum atomic E-state index is -4.09. The van der Waals surface area contributed by atoms with E-state index in [-0.39, 0.29) is 29.5 Å². The van der Waals surface area contributed by atoms with Gasteiger partial charge in [-0.15, -0.1) is 0 Å². The highest BCUT2D eigenvalue weighted by atomic mass is 32.2. The molecule has 1 atom stereocenters.